The summed E-state index contributed by atoms with van der Waals surface area (Å²) in [6.45, 7) is 6.72. The summed E-state index contributed by atoms with van der Waals surface area (Å²) in [4.78, 5) is 2.22. The average Bonchev–Trinajstić information content (AvgIpc) is 2.73. The molecule has 1 aliphatic rings. The van der Waals surface area contributed by atoms with E-state index in [9.17, 15) is 14.6 Å². The Balaban J connectivity index is 0.00000320. The van der Waals surface area contributed by atoms with E-state index in [0.717, 1.165) is 42.8 Å². The van der Waals surface area contributed by atoms with Crippen LogP contribution < -0.4 is 4.74 Å². The maximum absolute atomic E-state index is 13.1. The van der Waals surface area contributed by atoms with Gasteiger partial charge < -0.3 is 19.8 Å². The molecule has 0 bridgehead atoms. The predicted molar refractivity (Wildman–Crippen MR) is 120 cm³/mol. The minimum Gasteiger partial charge on any atom is -0.491 e. The highest BCUT2D eigenvalue weighted by molar-refractivity contribution is 5.85. The molecule has 2 aromatic carbocycles. The molecule has 6 heteroatoms. The van der Waals surface area contributed by atoms with Crippen LogP contribution in [-0.2, 0) is 0 Å². The lowest BCUT2D eigenvalue weighted by atomic mass is 9.87. The molecule has 1 heterocycles. The van der Waals surface area contributed by atoms with E-state index in [1.807, 2.05) is 18.2 Å². The lowest BCUT2D eigenvalue weighted by molar-refractivity contribution is 0.0277. The Morgan fingerprint density at radius 1 is 1.03 bits per heavy atom. The monoisotopic (exact) mass is 437 g/mol. The van der Waals surface area contributed by atoms with Crippen LogP contribution in [0.3, 0.4) is 0 Å². The quantitative estimate of drug-likeness (QED) is 0.635. The summed E-state index contributed by atoms with van der Waals surface area (Å²) in [5.41, 5.74) is 1.91. The number of piperidine rings is 1. The summed E-state index contributed by atoms with van der Waals surface area (Å²) in [6.07, 6.45) is 0.567. The number of ether oxygens (including phenoxy) is 1. The first-order valence-corrected chi connectivity index (χ1v) is 10.5. The summed E-state index contributed by atoms with van der Waals surface area (Å²) >= 11 is 0. The number of rotatable bonds is 8. The number of benzene rings is 2. The third kappa shape index (κ3) is 6.67. The topological polar surface area (TPSA) is 52.9 Å². The van der Waals surface area contributed by atoms with Crippen molar-refractivity contribution in [2.24, 2.45) is 5.92 Å². The number of nitrogens with zero attached hydrogens (tertiary/aromatic N) is 1. The fourth-order valence-corrected chi connectivity index (χ4v) is 4.01. The second-order valence-corrected chi connectivity index (χ2v) is 8.29. The van der Waals surface area contributed by atoms with Gasteiger partial charge in [0.25, 0.3) is 0 Å². The van der Waals surface area contributed by atoms with Crippen LogP contribution in [0.15, 0.2) is 48.5 Å². The van der Waals surface area contributed by atoms with Gasteiger partial charge in [-0.3, -0.25) is 0 Å². The fourth-order valence-electron chi connectivity index (χ4n) is 4.01. The van der Waals surface area contributed by atoms with E-state index in [2.05, 4.69) is 24.8 Å². The Kier molecular flexibility index (Phi) is 9.56. The van der Waals surface area contributed by atoms with Crippen LogP contribution in [0.5, 0.6) is 5.75 Å². The van der Waals surface area contributed by atoms with Crippen molar-refractivity contribution >= 4 is 12.4 Å². The highest BCUT2D eigenvalue weighted by Crippen LogP contribution is 2.31. The lowest BCUT2D eigenvalue weighted by Crippen LogP contribution is -2.41. The first-order chi connectivity index (χ1) is 13.9. The summed E-state index contributed by atoms with van der Waals surface area (Å²) in [7, 11) is 0. The van der Waals surface area contributed by atoms with Crippen molar-refractivity contribution in [3.05, 3.63) is 65.5 Å². The van der Waals surface area contributed by atoms with Crippen LogP contribution >= 0.6 is 12.4 Å². The van der Waals surface area contributed by atoms with Crippen LogP contribution in [0.25, 0.3) is 0 Å². The highest BCUT2D eigenvalue weighted by Gasteiger charge is 2.27. The molecule has 30 heavy (non-hydrogen) atoms. The molecular formula is C24H33ClFNO3. The molecule has 2 unspecified atom stereocenters. The van der Waals surface area contributed by atoms with Gasteiger partial charge in [-0.05, 0) is 67.1 Å². The van der Waals surface area contributed by atoms with E-state index < -0.39 is 12.2 Å². The predicted octanol–water partition coefficient (Wildman–Crippen LogP) is 4.56. The summed E-state index contributed by atoms with van der Waals surface area (Å²) in [6, 6.07) is 14.1. The van der Waals surface area contributed by atoms with Crippen molar-refractivity contribution in [2.45, 2.75) is 44.8 Å². The van der Waals surface area contributed by atoms with Crippen molar-refractivity contribution in [1.29, 1.82) is 0 Å². The SMILES string of the molecule is CC(C)c1ccccc1OCC(O)CN1CCC(C(O)c2ccc(F)cc2)CC1.Cl. The van der Waals surface area contributed by atoms with Crippen LogP contribution in [0, 0.1) is 11.7 Å². The molecule has 0 radical (unpaired) electrons. The highest BCUT2D eigenvalue weighted by atomic mass is 35.5. The number of hydrogen-bond donors (Lipinski definition) is 2. The number of likely N-dealkylation sites (tertiary alicyclic amines) is 1. The van der Waals surface area contributed by atoms with Gasteiger partial charge in [0.15, 0.2) is 0 Å². The van der Waals surface area contributed by atoms with Crippen LogP contribution in [-0.4, -0.2) is 47.5 Å². The van der Waals surface area contributed by atoms with Crippen LogP contribution in [0.2, 0.25) is 0 Å². The van der Waals surface area contributed by atoms with E-state index in [0.29, 0.717) is 12.5 Å². The Morgan fingerprint density at radius 2 is 1.67 bits per heavy atom. The minimum atomic E-state index is -0.571. The average molecular weight is 438 g/mol. The fraction of sp³-hybridized carbons (Fsp3) is 0.500. The molecule has 0 aliphatic carbocycles. The Morgan fingerprint density at radius 3 is 2.30 bits per heavy atom. The Bertz CT molecular complexity index is 763. The number of para-hydroxylation sites is 1. The number of aliphatic hydroxyl groups is 2. The third-order valence-corrected chi connectivity index (χ3v) is 5.73. The molecule has 0 saturated carbocycles. The largest absolute Gasteiger partial charge is 0.491 e. The first kappa shape index (κ1) is 24.6. The molecule has 0 aromatic heterocycles. The van der Waals surface area contributed by atoms with Gasteiger partial charge in [-0.15, -0.1) is 12.4 Å². The summed E-state index contributed by atoms with van der Waals surface area (Å²) in [5.74, 6) is 1.07. The van der Waals surface area contributed by atoms with Crippen molar-refractivity contribution in [3.63, 3.8) is 0 Å². The molecule has 1 fully saturated rings. The van der Waals surface area contributed by atoms with Gasteiger partial charge in [-0.2, -0.15) is 0 Å². The summed E-state index contributed by atoms with van der Waals surface area (Å²) < 4.78 is 19.0. The Labute approximate surface area is 185 Å². The van der Waals surface area contributed by atoms with Crippen LogP contribution in [0.1, 0.15) is 49.8 Å². The molecule has 0 amide bonds. The van der Waals surface area contributed by atoms with Crippen molar-refractivity contribution in [1.82, 2.24) is 4.90 Å². The smallest absolute Gasteiger partial charge is 0.123 e. The number of halogens is 2. The zero-order valence-electron chi connectivity index (χ0n) is 17.7. The first-order valence-electron chi connectivity index (χ1n) is 10.5. The normalized spacial score (nSPS) is 17.4. The van der Waals surface area contributed by atoms with E-state index in [-0.39, 0.29) is 30.7 Å². The maximum Gasteiger partial charge on any atom is 0.123 e. The number of aliphatic hydroxyl groups excluding tert-OH is 2. The molecule has 4 nitrogen and oxygen atoms in total. The standard InChI is InChI=1S/C24H32FNO3.ClH/c1-17(2)22-5-3-4-6-23(22)29-16-21(27)15-26-13-11-19(12-14-26)24(28)18-7-9-20(25)10-8-18;/h3-10,17,19,21,24,27-28H,11-16H2,1-2H3;1H. The van der Waals surface area contributed by atoms with E-state index in [4.69, 9.17) is 4.74 Å². The molecule has 2 atom stereocenters. The second-order valence-electron chi connectivity index (χ2n) is 8.29. The number of β-amino-alcohol motifs (C(OH)–C–C–N with tert-alkyl or cyclic N) is 1. The molecule has 0 spiro atoms. The molecule has 3 rings (SSSR count). The zero-order valence-corrected chi connectivity index (χ0v) is 18.5. The van der Waals surface area contributed by atoms with E-state index >= 15 is 0 Å². The van der Waals surface area contributed by atoms with E-state index in [1.54, 1.807) is 12.1 Å². The van der Waals surface area contributed by atoms with Gasteiger partial charge in [0.2, 0.25) is 0 Å². The van der Waals surface area contributed by atoms with Gasteiger partial charge in [0.05, 0.1) is 6.10 Å². The molecule has 2 aromatic rings. The van der Waals surface area contributed by atoms with E-state index in [1.165, 1.54) is 12.1 Å². The molecule has 1 saturated heterocycles. The van der Waals surface area contributed by atoms with Crippen LogP contribution in [0.4, 0.5) is 4.39 Å². The Hall–Kier alpha value is -1.66. The molecule has 1 aliphatic heterocycles. The van der Waals surface area contributed by atoms with Gasteiger partial charge in [0, 0.05) is 6.54 Å². The zero-order chi connectivity index (χ0) is 20.8. The molecule has 166 valence electrons. The van der Waals surface area contributed by atoms with Gasteiger partial charge in [-0.1, -0.05) is 44.2 Å². The third-order valence-electron chi connectivity index (χ3n) is 5.73. The minimum absolute atomic E-state index is 0. The lowest BCUT2D eigenvalue weighted by Gasteiger charge is -2.35. The van der Waals surface area contributed by atoms with Crippen molar-refractivity contribution < 1.29 is 19.3 Å². The summed E-state index contributed by atoms with van der Waals surface area (Å²) in [5, 5.41) is 21.0. The molecular weight excluding hydrogens is 405 g/mol. The van der Waals surface area contributed by atoms with Crippen molar-refractivity contribution in [2.75, 3.05) is 26.2 Å². The number of hydrogen-bond acceptors (Lipinski definition) is 4. The molecule has 2 N–H and O–H groups in total. The maximum atomic E-state index is 13.1. The van der Waals surface area contributed by atoms with Gasteiger partial charge in [-0.25, -0.2) is 4.39 Å². The van der Waals surface area contributed by atoms with Crippen molar-refractivity contribution in [3.8, 4) is 5.75 Å². The van der Waals surface area contributed by atoms with Gasteiger partial charge >= 0.3 is 0 Å². The second kappa shape index (κ2) is 11.7. The van der Waals surface area contributed by atoms with Gasteiger partial charge in [0.1, 0.15) is 24.3 Å².